The van der Waals surface area contributed by atoms with E-state index in [0.29, 0.717) is 0 Å². The van der Waals surface area contributed by atoms with E-state index >= 15 is 0 Å². The standard InChI is InChI=1S/C17H18O/c1-16(2)14-10-6-4-8-12(14)13-9-5-7-11-15(13)17(16,3)18/h4-11,18H,1-3H3. The van der Waals surface area contributed by atoms with Crippen LogP contribution < -0.4 is 0 Å². The number of benzene rings is 2. The summed E-state index contributed by atoms with van der Waals surface area (Å²) >= 11 is 0. The van der Waals surface area contributed by atoms with E-state index in [4.69, 9.17) is 0 Å². The fraction of sp³-hybridized carbons (Fsp3) is 0.294. The fourth-order valence-electron chi connectivity index (χ4n) is 3.00. The van der Waals surface area contributed by atoms with Crippen LogP contribution in [0, 0.1) is 0 Å². The first-order chi connectivity index (χ1) is 8.46. The second-order valence-electron chi connectivity index (χ2n) is 5.79. The minimum absolute atomic E-state index is 0.294. The average Bonchev–Trinajstić information content (AvgIpc) is 2.37. The predicted octanol–water partition coefficient (Wildman–Crippen LogP) is 3.85. The second-order valence-corrected chi connectivity index (χ2v) is 5.79. The van der Waals surface area contributed by atoms with E-state index < -0.39 is 5.60 Å². The number of aliphatic hydroxyl groups is 1. The molecule has 0 spiro atoms. The molecule has 1 N–H and O–H groups in total. The van der Waals surface area contributed by atoms with Crippen LogP contribution in [0.25, 0.3) is 11.1 Å². The van der Waals surface area contributed by atoms with Crippen molar-refractivity contribution < 1.29 is 5.11 Å². The van der Waals surface area contributed by atoms with Crippen molar-refractivity contribution in [2.45, 2.75) is 31.8 Å². The van der Waals surface area contributed by atoms with Gasteiger partial charge in [-0.2, -0.15) is 0 Å². The first kappa shape index (κ1) is 11.5. The number of fused-ring (bicyclic) bond motifs is 3. The average molecular weight is 238 g/mol. The van der Waals surface area contributed by atoms with E-state index in [0.717, 1.165) is 11.1 Å². The summed E-state index contributed by atoms with van der Waals surface area (Å²) in [5, 5.41) is 11.0. The molecule has 0 amide bonds. The van der Waals surface area contributed by atoms with Gasteiger partial charge in [0.25, 0.3) is 0 Å². The topological polar surface area (TPSA) is 20.2 Å². The Morgan fingerprint density at radius 3 is 1.78 bits per heavy atom. The van der Waals surface area contributed by atoms with Gasteiger partial charge in [-0.15, -0.1) is 0 Å². The van der Waals surface area contributed by atoms with Gasteiger partial charge in [-0.1, -0.05) is 62.4 Å². The van der Waals surface area contributed by atoms with Crippen LogP contribution >= 0.6 is 0 Å². The Balaban J connectivity index is 2.43. The van der Waals surface area contributed by atoms with Gasteiger partial charge in [0.15, 0.2) is 0 Å². The monoisotopic (exact) mass is 238 g/mol. The summed E-state index contributed by atoms with van der Waals surface area (Å²) in [6.07, 6.45) is 0. The van der Waals surface area contributed by atoms with Crippen molar-refractivity contribution >= 4 is 0 Å². The molecule has 2 aromatic carbocycles. The van der Waals surface area contributed by atoms with Crippen LogP contribution in [0.15, 0.2) is 48.5 Å². The number of hydrogen-bond donors (Lipinski definition) is 1. The van der Waals surface area contributed by atoms with Crippen LogP contribution in [0.1, 0.15) is 31.9 Å². The summed E-state index contributed by atoms with van der Waals surface area (Å²) in [5.74, 6) is 0. The lowest BCUT2D eigenvalue weighted by atomic mass is 9.61. The van der Waals surface area contributed by atoms with Crippen molar-refractivity contribution in [1.29, 1.82) is 0 Å². The molecule has 1 aliphatic carbocycles. The zero-order valence-corrected chi connectivity index (χ0v) is 11.1. The van der Waals surface area contributed by atoms with E-state index in [1.165, 1.54) is 11.1 Å². The molecule has 0 heterocycles. The molecule has 1 heteroatoms. The van der Waals surface area contributed by atoms with Gasteiger partial charge >= 0.3 is 0 Å². The van der Waals surface area contributed by atoms with E-state index in [1.54, 1.807) is 0 Å². The van der Waals surface area contributed by atoms with Crippen molar-refractivity contribution in [3.05, 3.63) is 59.7 Å². The van der Waals surface area contributed by atoms with Crippen molar-refractivity contribution in [3.8, 4) is 11.1 Å². The molecule has 92 valence electrons. The third kappa shape index (κ3) is 1.25. The first-order valence-electron chi connectivity index (χ1n) is 6.38. The lowest BCUT2D eigenvalue weighted by Gasteiger charge is -2.46. The van der Waals surface area contributed by atoms with Crippen molar-refractivity contribution in [3.63, 3.8) is 0 Å². The molecule has 0 fully saturated rings. The van der Waals surface area contributed by atoms with Gasteiger partial charge in [-0.05, 0) is 29.2 Å². The molecule has 0 saturated carbocycles. The zero-order valence-electron chi connectivity index (χ0n) is 11.1. The van der Waals surface area contributed by atoms with E-state index in [1.807, 2.05) is 31.2 Å². The summed E-state index contributed by atoms with van der Waals surface area (Å²) in [6.45, 7) is 6.14. The Kier molecular flexibility index (Phi) is 2.21. The Labute approximate surface area is 108 Å². The predicted molar refractivity (Wildman–Crippen MR) is 74.5 cm³/mol. The summed E-state index contributed by atoms with van der Waals surface area (Å²) in [6, 6.07) is 16.5. The summed E-state index contributed by atoms with van der Waals surface area (Å²) in [4.78, 5) is 0. The number of hydrogen-bond acceptors (Lipinski definition) is 1. The molecule has 18 heavy (non-hydrogen) atoms. The third-order valence-electron chi connectivity index (χ3n) is 4.56. The summed E-state index contributed by atoms with van der Waals surface area (Å²) < 4.78 is 0. The largest absolute Gasteiger partial charge is 0.385 e. The maximum atomic E-state index is 11.0. The van der Waals surface area contributed by atoms with Crippen LogP contribution in [0.4, 0.5) is 0 Å². The van der Waals surface area contributed by atoms with Crippen LogP contribution in [0.3, 0.4) is 0 Å². The fourth-order valence-corrected chi connectivity index (χ4v) is 3.00. The Morgan fingerprint density at radius 2 is 1.17 bits per heavy atom. The number of rotatable bonds is 0. The highest BCUT2D eigenvalue weighted by atomic mass is 16.3. The first-order valence-corrected chi connectivity index (χ1v) is 6.38. The Bertz CT molecular complexity index is 553. The normalized spacial score (nSPS) is 24.2. The molecule has 0 saturated heterocycles. The van der Waals surface area contributed by atoms with Gasteiger partial charge in [0.05, 0.1) is 5.60 Å². The second kappa shape index (κ2) is 3.46. The van der Waals surface area contributed by atoms with Gasteiger partial charge < -0.3 is 5.11 Å². The molecule has 1 atom stereocenters. The van der Waals surface area contributed by atoms with Crippen LogP contribution in [0.2, 0.25) is 0 Å². The lowest BCUT2D eigenvalue weighted by molar-refractivity contribution is -0.0152. The molecule has 1 nitrogen and oxygen atoms in total. The highest BCUT2D eigenvalue weighted by molar-refractivity contribution is 5.76. The smallest absolute Gasteiger partial charge is 0.0965 e. The quantitative estimate of drug-likeness (QED) is 0.739. The van der Waals surface area contributed by atoms with Gasteiger partial charge in [-0.25, -0.2) is 0 Å². The molecular weight excluding hydrogens is 220 g/mol. The Morgan fingerprint density at radius 1 is 0.722 bits per heavy atom. The van der Waals surface area contributed by atoms with Crippen LogP contribution in [-0.2, 0) is 11.0 Å². The molecule has 0 aliphatic heterocycles. The van der Waals surface area contributed by atoms with E-state index in [-0.39, 0.29) is 5.41 Å². The maximum Gasteiger partial charge on any atom is 0.0965 e. The summed E-state index contributed by atoms with van der Waals surface area (Å²) in [5.41, 5.74) is 3.49. The van der Waals surface area contributed by atoms with E-state index in [2.05, 4.69) is 38.1 Å². The zero-order chi connectivity index (χ0) is 13.0. The van der Waals surface area contributed by atoms with Gasteiger partial charge in [0, 0.05) is 5.41 Å². The SMILES string of the molecule is CC1(C)c2ccccc2-c2ccccc2C1(C)O. The highest BCUT2D eigenvalue weighted by Gasteiger charge is 2.47. The van der Waals surface area contributed by atoms with Gasteiger partial charge in [0.1, 0.15) is 0 Å². The minimum atomic E-state index is -0.849. The Hall–Kier alpha value is -1.60. The highest BCUT2D eigenvalue weighted by Crippen LogP contribution is 2.52. The van der Waals surface area contributed by atoms with Gasteiger partial charge in [0.2, 0.25) is 0 Å². The van der Waals surface area contributed by atoms with Crippen LogP contribution in [-0.4, -0.2) is 5.11 Å². The molecule has 0 aromatic heterocycles. The van der Waals surface area contributed by atoms with Gasteiger partial charge in [-0.3, -0.25) is 0 Å². The molecule has 1 unspecified atom stereocenters. The molecule has 2 aromatic rings. The van der Waals surface area contributed by atoms with Crippen molar-refractivity contribution in [2.24, 2.45) is 0 Å². The molecule has 1 aliphatic rings. The molecule has 3 rings (SSSR count). The lowest BCUT2D eigenvalue weighted by Crippen LogP contribution is -2.45. The molecular formula is C17H18O. The summed E-state index contributed by atoms with van der Waals surface area (Å²) in [7, 11) is 0. The van der Waals surface area contributed by atoms with Crippen molar-refractivity contribution in [2.75, 3.05) is 0 Å². The molecule has 0 bridgehead atoms. The van der Waals surface area contributed by atoms with Crippen molar-refractivity contribution in [1.82, 2.24) is 0 Å². The maximum absolute atomic E-state index is 11.0. The minimum Gasteiger partial charge on any atom is -0.385 e. The van der Waals surface area contributed by atoms with Crippen LogP contribution in [0.5, 0.6) is 0 Å². The van der Waals surface area contributed by atoms with E-state index in [9.17, 15) is 5.11 Å². The third-order valence-corrected chi connectivity index (χ3v) is 4.56. The molecule has 0 radical (unpaired) electrons.